The van der Waals surface area contributed by atoms with E-state index in [1.165, 1.54) is 109 Å². The van der Waals surface area contributed by atoms with E-state index in [4.69, 9.17) is 0 Å². The lowest BCUT2D eigenvalue weighted by molar-refractivity contribution is 0.195. The summed E-state index contributed by atoms with van der Waals surface area (Å²) in [5.41, 5.74) is 25.4. The second-order valence-electron chi connectivity index (χ2n) is 23.4. The lowest BCUT2D eigenvalue weighted by Crippen LogP contribution is -2.64. The van der Waals surface area contributed by atoms with E-state index in [0.717, 1.165) is 17.8 Å². The normalized spacial score (nSPS) is 20.6. The van der Waals surface area contributed by atoms with E-state index < -0.39 is 0 Å². The molecule has 0 amide bonds. The molecule has 66 heavy (non-hydrogen) atoms. The van der Waals surface area contributed by atoms with Crippen LogP contribution in [-0.4, -0.2) is 12.3 Å². The molecule has 7 aromatic carbocycles. The standard InChI is InChI=1S/C62H64BN3/c1-39-32-40(58(2,3)4)28-29-52(39)65-53-38-48-46(45-26-18-19-27-47(45)60(48,8)9)37-50(53)63-51-34-41(59(5,6)7)33-49-57(51)66(62(11)31-21-20-30-61(49,62)10)55-36-44(35-54(65)56(55)63)64(42-22-14-12-15-23-42)43-24-16-13-17-25-43/h12-19,22-29,32-38H,20-21,30-31H2,1-11H3. The fraction of sp³-hybridized carbons (Fsp3) is 0.323. The highest BCUT2D eigenvalue weighted by Gasteiger charge is 2.62. The lowest BCUT2D eigenvalue weighted by atomic mass is 9.33. The maximum absolute atomic E-state index is 2.90. The van der Waals surface area contributed by atoms with Crippen molar-refractivity contribution in [1.82, 2.24) is 0 Å². The molecule has 0 radical (unpaired) electrons. The molecule has 1 saturated carbocycles. The van der Waals surface area contributed by atoms with Crippen molar-refractivity contribution in [3.63, 3.8) is 0 Å². The first-order valence-corrected chi connectivity index (χ1v) is 24.7. The Labute approximate surface area is 394 Å². The monoisotopic (exact) mass is 862 g/mol. The van der Waals surface area contributed by atoms with Gasteiger partial charge in [0, 0.05) is 50.6 Å². The molecule has 3 nitrogen and oxygen atoms in total. The van der Waals surface area contributed by atoms with Crippen molar-refractivity contribution in [3.8, 4) is 11.1 Å². The minimum absolute atomic E-state index is 0.0183. The Morgan fingerprint density at radius 3 is 1.82 bits per heavy atom. The summed E-state index contributed by atoms with van der Waals surface area (Å²) < 4.78 is 0. The number of rotatable bonds is 4. The zero-order chi connectivity index (χ0) is 45.9. The fourth-order valence-corrected chi connectivity index (χ4v) is 13.3. The second kappa shape index (κ2) is 13.8. The van der Waals surface area contributed by atoms with Crippen molar-refractivity contribution in [1.29, 1.82) is 0 Å². The second-order valence-corrected chi connectivity index (χ2v) is 23.4. The number of fused-ring (bicyclic) bond motifs is 10. The van der Waals surface area contributed by atoms with Gasteiger partial charge in [-0.1, -0.05) is 166 Å². The van der Waals surface area contributed by atoms with Gasteiger partial charge in [0.05, 0.1) is 11.2 Å². The zero-order valence-electron chi connectivity index (χ0n) is 41.0. The van der Waals surface area contributed by atoms with Crippen molar-refractivity contribution < 1.29 is 0 Å². The first-order valence-electron chi connectivity index (χ1n) is 24.7. The van der Waals surface area contributed by atoms with E-state index in [1.54, 1.807) is 5.56 Å². The Morgan fingerprint density at radius 2 is 1.15 bits per heavy atom. The predicted molar refractivity (Wildman–Crippen MR) is 283 cm³/mol. The molecule has 0 bridgehead atoms. The molecule has 0 spiro atoms. The first-order chi connectivity index (χ1) is 31.4. The molecule has 2 atom stereocenters. The van der Waals surface area contributed by atoms with Gasteiger partial charge < -0.3 is 14.7 Å². The van der Waals surface area contributed by atoms with Gasteiger partial charge in [0.1, 0.15) is 0 Å². The number of hydrogen-bond acceptors (Lipinski definition) is 3. The Hall–Kier alpha value is -6.00. The molecule has 3 aliphatic heterocycles. The molecular weight excluding hydrogens is 798 g/mol. The van der Waals surface area contributed by atoms with Crippen LogP contribution < -0.4 is 31.1 Å². The Kier molecular flexibility index (Phi) is 8.65. The van der Waals surface area contributed by atoms with Crippen molar-refractivity contribution in [3.05, 3.63) is 173 Å². The lowest BCUT2D eigenvalue weighted by Gasteiger charge is -2.53. The molecule has 1 fully saturated rings. The number of nitrogens with zero attached hydrogens (tertiary/aromatic N) is 3. The van der Waals surface area contributed by atoms with Gasteiger partial charge >= 0.3 is 0 Å². The van der Waals surface area contributed by atoms with E-state index in [0.29, 0.717) is 0 Å². The summed E-state index contributed by atoms with van der Waals surface area (Å²) in [6.07, 6.45) is 4.83. The van der Waals surface area contributed by atoms with Crippen molar-refractivity contribution in [2.45, 2.75) is 129 Å². The van der Waals surface area contributed by atoms with Gasteiger partial charge in [-0.2, -0.15) is 0 Å². The molecule has 2 aliphatic carbocycles. The van der Waals surface area contributed by atoms with Crippen LogP contribution in [-0.2, 0) is 21.7 Å². The SMILES string of the molecule is Cc1cc(C(C)(C)C)ccc1N1c2cc3c(cc2B2c4cc(C(C)(C)C)cc5c4N(c4cc(N(c6ccccc6)c6ccccc6)cc1c42)C1(C)CCCCC51C)-c1ccccc1C3(C)C. The van der Waals surface area contributed by atoms with Gasteiger partial charge in [-0.15, -0.1) is 0 Å². The summed E-state index contributed by atoms with van der Waals surface area (Å²) >= 11 is 0. The molecule has 330 valence electrons. The van der Waals surface area contributed by atoms with Crippen LogP contribution >= 0.6 is 0 Å². The molecule has 0 N–H and O–H groups in total. The summed E-state index contributed by atoms with van der Waals surface area (Å²) in [6.45, 7) is 26.7. The molecule has 0 saturated heterocycles. The van der Waals surface area contributed by atoms with Crippen LogP contribution in [0.4, 0.5) is 45.5 Å². The van der Waals surface area contributed by atoms with Crippen molar-refractivity contribution >= 4 is 68.6 Å². The van der Waals surface area contributed by atoms with Crippen molar-refractivity contribution in [2.75, 3.05) is 14.7 Å². The minimum Gasteiger partial charge on any atom is -0.335 e. The molecular formula is C62H64BN3. The number of anilines is 8. The number of para-hydroxylation sites is 2. The molecule has 4 heteroatoms. The summed E-state index contributed by atoms with van der Waals surface area (Å²) in [7, 11) is 0. The molecule has 12 rings (SSSR count). The van der Waals surface area contributed by atoms with Crippen LogP contribution in [0.1, 0.15) is 128 Å². The van der Waals surface area contributed by atoms with E-state index in [-0.39, 0.29) is 33.9 Å². The summed E-state index contributed by atoms with van der Waals surface area (Å²) in [5, 5.41) is 0. The van der Waals surface area contributed by atoms with Gasteiger partial charge in [-0.3, -0.25) is 0 Å². The maximum atomic E-state index is 2.90. The summed E-state index contributed by atoms with van der Waals surface area (Å²) in [4.78, 5) is 8.09. The smallest absolute Gasteiger partial charge is 0.252 e. The summed E-state index contributed by atoms with van der Waals surface area (Å²) in [5.74, 6) is 0. The van der Waals surface area contributed by atoms with Crippen LogP contribution in [0.2, 0.25) is 0 Å². The highest BCUT2D eigenvalue weighted by molar-refractivity contribution is 7.00. The van der Waals surface area contributed by atoms with Crippen LogP contribution in [0.25, 0.3) is 11.1 Å². The largest absolute Gasteiger partial charge is 0.335 e. The highest BCUT2D eigenvalue weighted by Crippen LogP contribution is 2.63. The third-order valence-corrected chi connectivity index (χ3v) is 17.2. The Morgan fingerprint density at radius 1 is 0.515 bits per heavy atom. The minimum atomic E-state index is -0.155. The predicted octanol–water partition coefficient (Wildman–Crippen LogP) is 14.7. The number of hydrogen-bond donors (Lipinski definition) is 0. The summed E-state index contributed by atoms with van der Waals surface area (Å²) in [6, 6.07) is 54.2. The van der Waals surface area contributed by atoms with E-state index in [2.05, 4.69) is 230 Å². The van der Waals surface area contributed by atoms with Gasteiger partial charge in [-0.05, 0) is 147 Å². The van der Waals surface area contributed by atoms with E-state index in [9.17, 15) is 0 Å². The van der Waals surface area contributed by atoms with E-state index >= 15 is 0 Å². The highest BCUT2D eigenvalue weighted by atomic mass is 15.3. The van der Waals surface area contributed by atoms with Gasteiger partial charge in [-0.25, -0.2) is 0 Å². The van der Waals surface area contributed by atoms with E-state index in [1.807, 2.05) is 0 Å². The Balaban J connectivity index is 1.26. The average molecular weight is 862 g/mol. The quantitative estimate of drug-likeness (QED) is 0.163. The Bertz CT molecular complexity index is 3110. The fourth-order valence-electron chi connectivity index (χ4n) is 13.3. The van der Waals surface area contributed by atoms with Gasteiger partial charge in [0.15, 0.2) is 0 Å². The third-order valence-electron chi connectivity index (χ3n) is 17.2. The third kappa shape index (κ3) is 5.57. The topological polar surface area (TPSA) is 9.72 Å². The molecule has 2 unspecified atom stereocenters. The maximum Gasteiger partial charge on any atom is 0.252 e. The first kappa shape index (κ1) is 41.4. The molecule has 3 heterocycles. The molecule has 5 aliphatic rings. The number of aryl methyl sites for hydroxylation is 1. The van der Waals surface area contributed by atoms with Gasteiger partial charge in [0.2, 0.25) is 0 Å². The average Bonchev–Trinajstić information content (AvgIpc) is 3.64. The van der Waals surface area contributed by atoms with Crippen LogP contribution in [0.3, 0.4) is 0 Å². The zero-order valence-corrected chi connectivity index (χ0v) is 41.0. The number of benzene rings is 7. The molecule has 7 aromatic rings. The molecule has 0 aromatic heterocycles. The van der Waals surface area contributed by atoms with Gasteiger partial charge in [0.25, 0.3) is 6.71 Å². The van der Waals surface area contributed by atoms with Crippen molar-refractivity contribution in [2.24, 2.45) is 0 Å². The van der Waals surface area contributed by atoms with Crippen LogP contribution in [0.5, 0.6) is 0 Å². The van der Waals surface area contributed by atoms with Crippen LogP contribution in [0.15, 0.2) is 140 Å². The van der Waals surface area contributed by atoms with Crippen LogP contribution in [0, 0.1) is 6.92 Å².